The van der Waals surface area contributed by atoms with E-state index >= 15 is 0 Å². The van der Waals surface area contributed by atoms with E-state index in [2.05, 4.69) is 10.2 Å². The van der Waals surface area contributed by atoms with Crippen LogP contribution in [-0.2, 0) is 6.54 Å². The predicted molar refractivity (Wildman–Crippen MR) is 87.5 cm³/mol. The van der Waals surface area contributed by atoms with Gasteiger partial charge in [0.25, 0.3) is 0 Å². The van der Waals surface area contributed by atoms with Crippen LogP contribution in [0.2, 0.25) is 0 Å². The molecule has 0 unspecified atom stereocenters. The van der Waals surface area contributed by atoms with Gasteiger partial charge in [0.05, 0.1) is 20.8 Å². The van der Waals surface area contributed by atoms with Gasteiger partial charge in [0, 0.05) is 19.2 Å². The molecule has 5 heteroatoms. The number of ether oxygens (including phenoxy) is 2. The third-order valence-electron chi connectivity index (χ3n) is 4.30. The zero-order valence-corrected chi connectivity index (χ0v) is 13.7. The number of benzene rings is 1. The lowest BCUT2D eigenvalue weighted by molar-refractivity contribution is 0.146. The Bertz CT molecular complexity index is 423. The largest absolute Gasteiger partial charge is 0.497 e. The zero-order chi connectivity index (χ0) is 15.8. The lowest BCUT2D eigenvalue weighted by atomic mass is 9.97. The van der Waals surface area contributed by atoms with E-state index in [1.54, 1.807) is 14.2 Å². The molecule has 1 saturated heterocycles. The summed E-state index contributed by atoms with van der Waals surface area (Å²) >= 11 is 0. The van der Waals surface area contributed by atoms with Crippen molar-refractivity contribution in [2.45, 2.75) is 19.4 Å². The van der Waals surface area contributed by atoms with Crippen molar-refractivity contribution in [2.75, 3.05) is 47.0 Å². The van der Waals surface area contributed by atoms with E-state index in [0.29, 0.717) is 0 Å². The molecule has 1 aliphatic rings. The maximum Gasteiger partial charge on any atom is 0.122 e. The molecule has 0 radical (unpaired) electrons. The third kappa shape index (κ3) is 5.16. The topological polar surface area (TPSA) is 54.0 Å². The van der Waals surface area contributed by atoms with Crippen molar-refractivity contribution >= 4 is 0 Å². The first-order valence-electron chi connectivity index (χ1n) is 8.01. The second-order valence-corrected chi connectivity index (χ2v) is 5.86. The van der Waals surface area contributed by atoms with Crippen LogP contribution < -0.4 is 14.8 Å². The van der Waals surface area contributed by atoms with Crippen LogP contribution in [0.25, 0.3) is 0 Å². The minimum atomic E-state index is 0.264. The van der Waals surface area contributed by atoms with Crippen molar-refractivity contribution in [1.29, 1.82) is 0 Å². The molecule has 0 aromatic heterocycles. The fourth-order valence-corrected chi connectivity index (χ4v) is 2.94. The van der Waals surface area contributed by atoms with Gasteiger partial charge >= 0.3 is 0 Å². The summed E-state index contributed by atoms with van der Waals surface area (Å²) < 4.78 is 10.6. The number of hydrogen-bond donors (Lipinski definition) is 2. The zero-order valence-electron chi connectivity index (χ0n) is 13.7. The summed E-state index contributed by atoms with van der Waals surface area (Å²) in [5.41, 5.74) is 1.17. The maximum atomic E-state index is 8.96. The SMILES string of the molecule is COc1cc(CNCC2CCN(CCO)CC2)cc(OC)c1. The van der Waals surface area contributed by atoms with E-state index in [4.69, 9.17) is 14.6 Å². The number of β-amino-alcohol motifs (C(OH)–C–C–N with tert-alkyl or cyclic N) is 1. The summed E-state index contributed by atoms with van der Waals surface area (Å²) in [6.07, 6.45) is 2.41. The lowest BCUT2D eigenvalue weighted by Crippen LogP contribution is -2.38. The molecule has 1 fully saturated rings. The highest BCUT2D eigenvalue weighted by Gasteiger charge is 2.18. The minimum Gasteiger partial charge on any atom is -0.497 e. The first-order valence-corrected chi connectivity index (χ1v) is 8.01. The van der Waals surface area contributed by atoms with Crippen LogP contribution in [0.5, 0.6) is 11.5 Å². The highest BCUT2D eigenvalue weighted by Crippen LogP contribution is 2.22. The van der Waals surface area contributed by atoms with Gasteiger partial charge in [0.1, 0.15) is 11.5 Å². The fourth-order valence-electron chi connectivity index (χ4n) is 2.94. The third-order valence-corrected chi connectivity index (χ3v) is 4.30. The normalized spacial score (nSPS) is 16.7. The number of likely N-dealkylation sites (tertiary alicyclic amines) is 1. The molecule has 1 heterocycles. The van der Waals surface area contributed by atoms with Crippen LogP contribution in [0.15, 0.2) is 18.2 Å². The summed E-state index contributed by atoms with van der Waals surface area (Å²) in [5.74, 6) is 2.38. The van der Waals surface area contributed by atoms with Gasteiger partial charge in [-0.15, -0.1) is 0 Å². The van der Waals surface area contributed by atoms with E-state index < -0.39 is 0 Å². The number of rotatable bonds is 8. The molecular weight excluding hydrogens is 280 g/mol. The standard InChI is InChI=1S/C17H28N2O3/c1-21-16-9-15(10-17(11-16)22-2)13-18-12-14-3-5-19(6-4-14)7-8-20/h9-11,14,18,20H,3-8,12-13H2,1-2H3. The molecule has 0 bridgehead atoms. The summed E-state index contributed by atoms with van der Waals surface area (Å²) in [6, 6.07) is 5.97. The van der Waals surface area contributed by atoms with E-state index in [9.17, 15) is 0 Å². The summed E-state index contributed by atoms with van der Waals surface area (Å²) in [4.78, 5) is 2.34. The van der Waals surface area contributed by atoms with Crippen LogP contribution >= 0.6 is 0 Å². The number of aliphatic hydroxyl groups is 1. The molecule has 1 aliphatic heterocycles. The Labute approximate surface area is 133 Å². The van der Waals surface area contributed by atoms with Crippen LogP contribution in [-0.4, -0.2) is 57.0 Å². The molecule has 0 amide bonds. The van der Waals surface area contributed by atoms with Crippen molar-refractivity contribution in [3.05, 3.63) is 23.8 Å². The van der Waals surface area contributed by atoms with Gasteiger partial charge in [-0.05, 0) is 56.1 Å². The first kappa shape index (κ1) is 17.1. The van der Waals surface area contributed by atoms with Gasteiger partial charge in [-0.2, -0.15) is 0 Å². The number of piperidine rings is 1. The average molecular weight is 308 g/mol. The highest BCUT2D eigenvalue weighted by atomic mass is 16.5. The second-order valence-electron chi connectivity index (χ2n) is 5.86. The Morgan fingerprint density at radius 1 is 1.14 bits per heavy atom. The van der Waals surface area contributed by atoms with Crippen molar-refractivity contribution < 1.29 is 14.6 Å². The average Bonchev–Trinajstić information content (AvgIpc) is 2.56. The number of methoxy groups -OCH3 is 2. The van der Waals surface area contributed by atoms with E-state index in [1.165, 1.54) is 18.4 Å². The smallest absolute Gasteiger partial charge is 0.122 e. The predicted octanol–water partition coefficient (Wildman–Crippen LogP) is 1.50. The Balaban J connectivity index is 1.75. The molecule has 22 heavy (non-hydrogen) atoms. The summed E-state index contributed by atoms with van der Waals surface area (Å²) in [6.45, 7) is 5.13. The number of nitrogens with zero attached hydrogens (tertiary/aromatic N) is 1. The van der Waals surface area contributed by atoms with Crippen LogP contribution in [0.4, 0.5) is 0 Å². The summed E-state index contributed by atoms with van der Waals surface area (Å²) in [5, 5.41) is 12.5. The number of nitrogens with one attached hydrogen (secondary N) is 1. The molecule has 0 aliphatic carbocycles. The van der Waals surface area contributed by atoms with Gasteiger partial charge in [-0.3, -0.25) is 0 Å². The quantitative estimate of drug-likeness (QED) is 0.762. The Morgan fingerprint density at radius 2 is 1.77 bits per heavy atom. The van der Waals surface area contributed by atoms with Gasteiger partial charge in [-0.1, -0.05) is 0 Å². The Morgan fingerprint density at radius 3 is 2.32 bits per heavy atom. The molecule has 1 aromatic rings. The van der Waals surface area contributed by atoms with Crippen molar-refractivity contribution in [3.8, 4) is 11.5 Å². The summed E-state index contributed by atoms with van der Waals surface area (Å²) in [7, 11) is 3.35. The molecule has 0 spiro atoms. The molecule has 0 saturated carbocycles. The molecule has 5 nitrogen and oxygen atoms in total. The molecule has 1 aromatic carbocycles. The maximum absolute atomic E-state index is 8.96. The highest BCUT2D eigenvalue weighted by molar-refractivity contribution is 5.38. The van der Waals surface area contributed by atoms with Crippen molar-refractivity contribution in [3.63, 3.8) is 0 Å². The monoisotopic (exact) mass is 308 g/mol. The van der Waals surface area contributed by atoms with Gasteiger partial charge in [-0.25, -0.2) is 0 Å². The van der Waals surface area contributed by atoms with Gasteiger partial charge in [0.2, 0.25) is 0 Å². The van der Waals surface area contributed by atoms with Crippen molar-refractivity contribution in [1.82, 2.24) is 10.2 Å². The molecule has 124 valence electrons. The van der Waals surface area contributed by atoms with Crippen LogP contribution in [0.1, 0.15) is 18.4 Å². The Kier molecular flexibility index (Phi) is 6.96. The fraction of sp³-hybridized carbons (Fsp3) is 0.647. The van der Waals surface area contributed by atoms with E-state index in [0.717, 1.165) is 50.1 Å². The van der Waals surface area contributed by atoms with E-state index in [1.807, 2.05) is 18.2 Å². The minimum absolute atomic E-state index is 0.264. The lowest BCUT2D eigenvalue weighted by Gasteiger charge is -2.31. The Hall–Kier alpha value is -1.30. The van der Waals surface area contributed by atoms with Crippen LogP contribution in [0.3, 0.4) is 0 Å². The first-order chi connectivity index (χ1) is 10.7. The van der Waals surface area contributed by atoms with Gasteiger partial charge in [0.15, 0.2) is 0 Å². The second kappa shape index (κ2) is 8.98. The van der Waals surface area contributed by atoms with E-state index in [-0.39, 0.29) is 6.61 Å². The number of aliphatic hydroxyl groups excluding tert-OH is 1. The molecule has 2 N–H and O–H groups in total. The van der Waals surface area contributed by atoms with Gasteiger partial charge < -0.3 is 24.8 Å². The van der Waals surface area contributed by atoms with Crippen molar-refractivity contribution in [2.24, 2.45) is 5.92 Å². The van der Waals surface area contributed by atoms with Crippen LogP contribution in [0, 0.1) is 5.92 Å². The number of hydrogen-bond acceptors (Lipinski definition) is 5. The molecule has 2 rings (SSSR count). The molecule has 0 atom stereocenters. The molecular formula is C17H28N2O3.